The molecule has 0 spiro atoms. The number of hydrogen-bond acceptors (Lipinski definition) is 3. The van der Waals surface area contributed by atoms with Crippen molar-refractivity contribution in [1.29, 1.82) is 0 Å². The molecule has 3 rings (SSSR count). The van der Waals surface area contributed by atoms with Gasteiger partial charge >= 0.3 is 0 Å². The molecule has 0 saturated carbocycles. The predicted molar refractivity (Wildman–Crippen MR) is 91.5 cm³/mol. The number of amides is 1. The highest BCUT2D eigenvalue weighted by atomic mass is 19.2. The molecular weight excluding hydrogens is 326 g/mol. The van der Waals surface area contributed by atoms with Gasteiger partial charge in [-0.25, -0.2) is 8.78 Å². The van der Waals surface area contributed by atoms with Crippen LogP contribution in [-0.2, 0) is 0 Å². The summed E-state index contributed by atoms with van der Waals surface area (Å²) in [6, 6.07) is 12.2. The number of benzene rings is 2. The Kier molecular flexibility index (Phi) is 4.79. The van der Waals surface area contributed by atoms with E-state index in [9.17, 15) is 13.6 Å². The summed E-state index contributed by atoms with van der Waals surface area (Å²) in [4.78, 5) is 12.0. The van der Waals surface area contributed by atoms with Crippen molar-refractivity contribution in [2.45, 2.75) is 13.0 Å². The van der Waals surface area contributed by atoms with E-state index in [2.05, 4.69) is 10.6 Å². The summed E-state index contributed by atoms with van der Waals surface area (Å²) in [6.45, 7) is 1.84. The Labute approximate surface area is 143 Å². The molecule has 0 unspecified atom stereocenters. The van der Waals surface area contributed by atoms with Crippen LogP contribution in [0.15, 0.2) is 65.5 Å². The van der Waals surface area contributed by atoms with Gasteiger partial charge in [-0.3, -0.25) is 4.79 Å². The number of furan rings is 1. The topological polar surface area (TPSA) is 54.3 Å². The van der Waals surface area contributed by atoms with E-state index < -0.39 is 11.6 Å². The van der Waals surface area contributed by atoms with Gasteiger partial charge in [0.25, 0.3) is 5.91 Å². The second-order valence-electron chi connectivity index (χ2n) is 5.59. The van der Waals surface area contributed by atoms with E-state index >= 15 is 0 Å². The maximum absolute atomic E-state index is 13.4. The van der Waals surface area contributed by atoms with Gasteiger partial charge in [0.05, 0.1) is 11.8 Å². The zero-order valence-corrected chi connectivity index (χ0v) is 13.4. The maximum Gasteiger partial charge on any atom is 0.258 e. The minimum atomic E-state index is -0.882. The molecule has 2 aromatic carbocycles. The van der Waals surface area contributed by atoms with Gasteiger partial charge in [-0.1, -0.05) is 12.1 Å². The molecule has 0 radical (unpaired) electrons. The lowest BCUT2D eigenvalue weighted by Crippen LogP contribution is -2.11. The van der Waals surface area contributed by atoms with Crippen LogP contribution < -0.4 is 10.6 Å². The van der Waals surface area contributed by atoms with Gasteiger partial charge in [0.2, 0.25) is 0 Å². The third-order valence-corrected chi connectivity index (χ3v) is 3.73. The molecule has 1 atom stereocenters. The van der Waals surface area contributed by atoms with Crippen molar-refractivity contribution in [3.63, 3.8) is 0 Å². The number of rotatable bonds is 5. The molecule has 0 aliphatic carbocycles. The van der Waals surface area contributed by atoms with Crippen molar-refractivity contribution in [3.05, 3.63) is 83.8 Å². The van der Waals surface area contributed by atoms with Crippen LogP contribution in [0.1, 0.15) is 28.9 Å². The lowest BCUT2D eigenvalue weighted by molar-refractivity contribution is 0.102. The number of carbonyl (C=O) groups excluding carboxylic acids is 1. The Morgan fingerprint density at radius 2 is 1.84 bits per heavy atom. The fourth-order valence-electron chi connectivity index (χ4n) is 2.40. The molecule has 128 valence electrons. The summed E-state index contributed by atoms with van der Waals surface area (Å²) in [5, 5.41) is 5.96. The fourth-order valence-corrected chi connectivity index (χ4v) is 2.40. The predicted octanol–water partition coefficient (Wildman–Crippen LogP) is 4.98. The Morgan fingerprint density at radius 3 is 2.56 bits per heavy atom. The molecular formula is C19H16F2N2O2. The highest BCUT2D eigenvalue weighted by Crippen LogP contribution is 2.23. The quantitative estimate of drug-likeness (QED) is 0.687. The van der Waals surface area contributed by atoms with Crippen LogP contribution in [0.3, 0.4) is 0 Å². The number of nitrogens with one attached hydrogen (secondary N) is 2. The maximum atomic E-state index is 13.4. The molecule has 2 N–H and O–H groups in total. The minimum absolute atomic E-state index is 0.241. The summed E-state index contributed by atoms with van der Waals surface area (Å²) < 4.78 is 31.3. The van der Waals surface area contributed by atoms with E-state index in [-0.39, 0.29) is 11.9 Å². The van der Waals surface area contributed by atoms with E-state index in [1.807, 2.05) is 13.0 Å². The second kappa shape index (κ2) is 7.17. The normalized spacial score (nSPS) is 11.8. The summed E-state index contributed by atoms with van der Waals surface area (Å²) >= 11 is 0. The Morgan fingerprint density at radius 1 is 1.04 bits per heavy atom. The SMILES string of the molecule is C[C@@H](Nc1cccc(NC(=O)c2ccoc2)c1)c1ccc(F)c(F)c1. The molecule has 0 aliphatic heterocycles. The molecule has 25 heavy (non-hydrogen) atoms. The highest BCUT2D eigenvalue weighted by molar-refractivity contribution is 6.04. The van der Waals surface area contributed by atoms with E-state index in [4.69, 9.17) is 4.42 Å². The molecule has 0 bridgehead atoms. The molecule has 3 aromatic rings. The first-order valence-corrected chi connectivity index (χ1v) is 7.68. The third kappa shape index (κ3) is 4.03. The first kappa shape index (κ1) is 16.7. The first-order chi connectivity index (χ1) is 12.0. The van der Waals surface area contributed by atoms with Crippen molar-refractivity contribution in [2.24, 2.45) is 0 Å². The zero-order chi connectivity index (χ0) is 17.8. The van der Waals surface area contributed by atoms with Crippen LogP contribution in [0.2, 0.25) is 0 Å². The third-order valence-electron chi connectivity index (χ3n) is 3.73. The van der Waals surface area contributed by atoms with Gasteiger partial charge in [0, 0.05) is 17.4 Å². The van der Waals surface area contributed by atoms with Crippen molar-refractivity contribution in [2.75, 3.05) is 10.6 Å². The van der Waals surface area contributed by atoms with Crippen molar-refractivity contribution in [3.8, 4) is 0 Å². The van der Waals surface area contributed by atoms with Crippen molar-refractivity contribution >= 4 is 17.3 Å². The van der Waals surface area contributed by atoms with E-state index in [1.54, 1.807) is 24.3 Å². The Balaban J connectivity index is 1.70. The molecule has 1 heterocycles. The molecule has 1 aromatic heterocycles. The lowest BCUT2D eigenvalue weighted by atomic mass is 10.1. The largest absolute Gasteiger partial charge is 0.472 e. The van der Waals surface area contributed by atoms with Crippen LogP contribution in [0, 0.1) is 11.6 Å². The van der Waals surface area contributed by atoms with Gasteiger partial charge in [0.15, 0.2) is 11.6 Å². The summed E-state index contributed by atoms with van der Waals surface area (Å²) in [5.41, 5.74) is 2.39. The summed E-state index contributed by atoms with van der Waals surface area (Å²) in [7, 11) is 0. The second-order valence-corrected chi connectivity index (χ2v) is 5.59. The molecule has 6 heteroatoms. The molecule has 0 fully saturated rings. The van der Waals surface area contributed by atoms with Crippen LogP contribution in [0.4, 0.5) is 20.2 Å². The fraction of sp³-hybridized carbons (Fsp3) is 0.105. The van der Waals surface area contributed by atoms with E-state index in [0.717, 1.165) is 17.8 Å². The van der Waals surface area contributed by atoms with Gasteiger partial charge in [-0.05, 0) is 48.9 Å². The number of carbonyl (C=O) groups is 1. The number of hydrogen-bond donors (Lipinski definition) is 2. The van der Waals surface area contributed by atoms with Crippen molar-refractivity contribution in [1.82, 2.24) is 0 Å². The van der Waals surface area contributed by atoms with Gasteiger partial charge in [-0.15, -0.1) is 0 Å². The van der Waals surface area contributed by atoms with Crippen molar-refractivity contribution < 1.29 is 18.0 Å². The molecule has 0 aliphatic rings. The minimum Gasteiger partial charge on any atom is -0.472 e. The van der Waals surface area contributed by atoms with Gasteiger partial charge in [-0.2, -0.15) is 0 Å². The lowest BCUT2D eigenvalue weighted by Gasteiger charge is -2.17. The number of halogens is 2. The smallest absolute Gasteiger partial charge is 0.258 e. The highest BCUT2D eigenvalue weighted by Gasteiger charge is 2.11. The molecule has 0 saturated heterocycles. The van der Waals surface area contributed by atoms with Gasteiger partial charge < -0.3 is 15.1 Å². The van der Waals surface area contributed by atoms with Gasteiger partial charge in [0.1, 0.15) is 6.26 Å². The van der Waals surface area contributed by atoms with E-state index in [0.29, 0.717) is 16.8 Å². The molecule has 4 nitrogen and oxygen atoms in total. The van der Waals surface area contributed by atoms with E-state index in [1.165, 1.54) is 18.6 Å². The Hall–Kier alpha value is -3.15. The van der Waals surface area contributed by atoms with Crippen LogP contribution in [-0.4, -0.2) is 5.91 Å². The average Bonchev–Trinajstić information content (AvgIpc) is 3.12. The Bertz CT molecular complexity index is 879. The zero-order valence-electron chi connectivity index (χ0n) is 13.4. The standard InChI is InChI=1S/C19H16F2N2O2/c1-12(13-5-6-17(20)18(21)9-13)22-15-3-2-4-16(10-15)23-19(24)14-7-8-25-11-14/h2-12,22H,1H3,(H,23,24)/t12-/m1/s1. The molecule has 1 amide bonds. The van der Waals surface area contributed by atoms with Crippen LogP contribution in [0.25, 0.3) is 0 Å². The number of anilines is 2. The van der Waals surface area contributed by atoms with Crippen LogP contribution in [0.5, 0.6) is 0 Å². The monoisotopic (exact) mass is 342 g/mol. The summed E-state index contributed by atoms with van der Waals surface area (Å²) in [5.74, 6) is -2.04. The summed E-state index contributed by atoms with van der Waals surface area (Å²) in [6.07, 6.45) is 2.79. The van der Waals surface area contributed by atoms with Crippen LogP contribution >= 0.6 is 0 Å². The average molecular weight is 342 g/mol. The first-order valence-electron chi connectivity index (χ1n) is 7.68.